The second-order valence-electron chi connectivity index (χ2n) is 8.56. The summed E-state index contributed by atoms with van der Waals surface area (Å²) in [6, 6.07) is 8.43. The number of hydrogen-bond acceptors (Lipinski definition) is 7. The summed E-state index contributed by atoms with van der Waals surface area (Å²) >= 11 is 3.10. The number of piperidine rings is 3. The molecule has 6 rings (SSSR count). The van der Waals surface area contributed by atoms with E-state index in [4.69, 9.17) is 9.47 Å². The molecule has 4 aliphatic rings. The number of hydrogen-bond donors (Lipinski definition) is 0. The monoisotopic (exact) mass is 457 g/mol. The Hall–Kier alpha value is -1.96. The van der Waals surface area contributed by atoms with Crippen molar-refractivity contribution in [1.29, 1.82) is 0 Å². The van der Waals surface area contributed by atoms with E-state index in [0.717, 1.165) is 6.54 Å². The van der Waals surface area contributed by atoms with Gasteiger partial charge in [-0.05, 0) is 56.9 Å². The highest BCUT2D eigenvalue weighted by Gasteiger charge is 2.55. The van der Waals surface area contributed by atoms with Gasteiger partial charge in [-0.15, -0.1) is 22.7 Å². The van der Waals surface area contributed by atoms with Crippen LogP contribution in [0.5, 0.6) is 0 Å². The molecule has 2 aromatic rings. The molecule has 2 unspecified atom stereocenters. The van der Waals surface area contributed by atoms with Gasteiger partial charge in [-0.3, -0.25) is 4.90 Å². The van der Waals surface area contributed by atoms with Crippen molar-refractivity contribution < 1.29 is 19.1 Å². The van der Waals surface area contributed by atoms with Crippen molar-refractivity contribution in [2.75, 3.05) is 19.8 Å². The molecule has 7 heteroatoms. The molecule has 5 nitrogen and oxygen atoms in total. The molecule has 0 spiro atoms. The van der Waals surface area contributed by atoms with E-state index in [2.05, 4.69) is 23.6 Å². The first-order valence-electron chi connectivity index (χ1n) is 11.0. The van der Waals surface area contributed by atoms with E-state index in [-0.39, 0.29) is 24.0 Å². The Bertz CT molecular complexity index is 948. The van der Waals surface area contributed by atoms with Gasteiger partial charge in [0.05, 0.1) is 25.3 Å². The Balaban J connectivity index is 1.48. The molecular formula is C24H27NO4S2. The number of carbonyl (C=O) groups is 2. The maximum Gasteiger partial charge on any atom is 0.348 e. The standard InChI is InChI=1S/C24H27NO4S2/c1-4-28-23(26)19-8-6-17(30-19)21-15-10-14-11-16(13(15)3)22(25(21)12-14)18-7-9-20(31-18)24(27)29-5-2/h6-9,14-16,21-22H,3-5,10-12H2,1-2H3/t14?,15-,16+,21-,22-/m0/s1. The number of carbonyl (C=O) groups excluding carboxylic acids is 2. The number of thiophene rings is 2. The van der Waals surface area contributed by atoms with E-state index in [1.165, 1.54) is 28.2 Å². The Labute approximate surface area is 190 Å². The second kappa shape index (κ2) is 8.19. The van der Waals surface area contributed by atoms with E-state index < -0.39 is 0 Å². The lowest BCUT2D eigenvalue weighted by Crippen LogP contribution is -2.57. The Morgan fingerprint density at radius 1 is 0.935 bits per heavy atom. The molecule has 3 saturated heterocycles. The zero-order chi connectivity index (χ0) is 21.7. The van der Waals surface area contributed by atoms with Crippen molar-refractivity contribution in [3.05, 3.63) is 55.9 Å². The Kier molecular flexibility index (Phi) is 5.52. The second-order valence-corrected chi connectivity index (χ2v) is 10.8. The largest absolute Gasteiger partial charge is 0.462 e. The molecule has 1 aliphatic carbocycles. The van der Waals surface area contributed by atoms with Gasteiger partial charge in [0.2, 0.25) is 0 Å². The van der Waals surface area contributed by atoms with Crippen LogP contribution in [-0.2, 0) is 9.47 Å². The van der Waals surface area contributed by atoms with Crippen molar-refractivity contribution in [2.24, 2.45) is 17.8 Å². The fourth-order valence-corrected chi connectivity index (χ4v) is 7.91. The van der Waals surface area contributed by atoms with Gasteiger partial charge >= 0.3 is 11.9 Å². The number of rotatable bonds is 6. The van der Waals surface area contributed by atoms with Crippen molar-refractivity contribution in [3.8, 4) is 0 Å². The van der Waals surface area contributed by atoms with Crippen LogP contribution in [0.15, 0.2) is 36.4 Å². The minimum absolute atomic E-state index is 0.228. The predicted molar refractivity (Wildman–Crippen MR) is 122 cm³/mol. The van der Waals surface area contributed by atoms with E-state index in [9.17, 15) is 9.59 Å². The van der Waals surface area contributed by atoms with Gasteiger partial charge in [0.1, 0.15) is 9.75 Å². The molecule has 4 bridgehead atoms. The normalized spacial score (nSPS) is 31.1. The van der Waals surface area contributed by atoms with Crippen molar-refractivity contribution in [2.45, 2.75) is 38.8 Å². The molecule has 5 heterocycles. The Morgan fingerprint density at radius 3 is 1.87 bits per heavy atom. The van der Waals surface area contributed by atoms with Crippen molar-refractivity contribution in [3.63, 3.8) is 0 Å². The van der Waals surface area contributed by atoms with Crippen LogP contribution in [0.2, 0.25) is 0 Å². The zero-order valence-electron chi connectivity index (χ0n) is 17.8. The van der Waals surface area contributed by atoms with Gasteiger partial charge in [0, 0.05) is 28.1 Å². The highest BCUT2D eigenvalue weighted by atomic mass is 32.1. The highest BCUT2D eigenvalue weighted by Crippen LogP contribution is 2.62. The summed E-state index contributed by atoms with van der Waals surface area (Å²) in [6.45, 7) is 10.0. The molecule has 0 N–H and O–H groups in total. The maximum absolute atomic E-state index is 12.2. The highest BCUT2D eigenvalue weighted by molar-refractivity contribution is 7.14. The summed E-state index contributed by atoms with van der Waals surface area (Å²) in [5, 5.41) is 0. The van der Waals surface area contributed by atoms with Gasteiger partial charge in [-0.1, -0.05) is 12.2 Å². The summed E-state index contributed by atoms with van der Waals surface area (Å²) in [5.41, 5.74) is 1.33. The summed E-state index contributed by atoms with van der Waals surface area (Å²) in [6.07, 6.45) is 2.35. The third kappa shape index (κ3) is 3.47. The molecule has 1 saturated carbocycles. The lowest BCUT2D eigenvalue weighted by molar-refractivity contribution is -0.0721. The van der Waals surface area contributed by atoms with Crippen LogP contribution >= 0.6 is 22.7 Å². The van der Waals surface area contributed by atoms with Crippen LogP contribution < -0.4 is 0 Å². The average molecular weight is 458 g/mol. The molecular weight excluding hydrogens is 430 g/mol. The minimum atomic E-state index is -0.245. The summed E-state index contributed by atoms with van der Waals surface area (Å²) < 4.78 is 10.4. The number of ether oxygens (including phenoxy) is 2. The van der Waals surface area contributed by atoms with Gasteiger partial charge in [0.25, 0.3) is 0 Å². The fourth-order valence-electron chi connectivity index (χ4n) is 5.74. The van der Waals surface area contributed by atoms with Crippen molar-refractivity contribution in [1.82, 2.24) is 4.90 Å². The van der Waals surface area contributed by atoms with Crippen LogP contribution in [0, 0.1) is 17.8 Å². The fraction of sp³-hybridized carbons (Fsp3) is 0.500. The van der Waals surface area contributed by atoms with E-state index >= 15 is 0 Å². The van der Waals surface area contributed by atoms with E-state index in [1.807, 2.05) is 26.0 Å². The third-order valence-electron chi connectivity index (χ3n) is 6.86. The molecule has 3 aliphatic heterocycles. The summed E-state index contributed by atoms with van der Waals surface area (Å²) in [5.74, 6) is 1.05. The van der Waals surface area contributed by atoms with Crippen LogP contribution in [0.3, 0.4) is 0 Å². The lowest BCUT2D eigenvalue weighted by Gasteiger charge is -2.61. The SMILES string of the molecule is C=C1[C@H]2CC3C[C@@H]1[C@@H](c1ccc(C(=O)OCC)s1)N(C3)[C@@H]2c1ccc(C(=O)OCC)s1. The quantitative estimate of drug-likeness (QED) is 0.425. The molecule has 2 aromatic heterocycles. The first kappa shape index (κ1) is 20.9. The topological polar surface area (TPSA) is 55.8 Å². The zero-order valence-corrected chi connectivity index (χ0v) is 19.5. The van der Waals surface area contributed by atoms with Gasteiger partial charge in [-0.2, -0.15) is 0 Å². The smallest absolute Gasteiger partial charge is 0.348 e. The lowest BCUT2D eigenvalue weighted by atomic mass is 9.59. The predicted octanol–water partition coefficient (Wildman–Crippen LogP) is 5.47. The summed E-state index contributed by atoms with van der Waals surface area (Å²) in [7, 11) is 0. The number of esters is 2. The van der Waals surface area contributed by atoms with E-state index in [0.29, 0.717) is 40.7 Å². The minimum Gasteiger partial charge on any atom is -0.462 e. The van der Waals surface area contributed by atoms with Gasteiger partial charge < -0.3 is 9.47 Å². The van der Waals surface area contributed by atoms with E-state index in [1.54, 1.807) is 22.7 Å². The molecule has 164 valence electrons. The van der Waals surface area contributed by atoms with Crippen LogP contribution in [0.4, 0.5) is 0 Å². The van der Waals surface area contributed by atoms with Crippen LogP contribution in [-0.4, -0.2) is 36.6 Å². The van der Waals surface area contributed by atoms with Crippen LogP contribution in [0.1, 0.15) is 67.9 Å². The average Bonchev–Trinajstić information content (AvgIpc) is 3.42. The molecule has 31 heavy (non-hydrogen) atoms. The first-order chi connectivity index (χ1) is 15.0. The molecule has 0 aromatic carbocycles. The van der Waals surface area contributed by atoms with Gasteiger partial charge in [-0.25, -0.2) is 9.59 Å². The Morgan fingerprint density at radius 2 is 1.42 bits per heavy atom. The molecule has 0 amide bonds. The summed E-state index contributed by atoms with van der Waals surface area (Å²) in [4.78, 5) is 30.8. The first-order valence-corrected chi connectivity index (χ1v) is 12.6. The van der Waals surface area contributed by atoms with Crippen LogP contribution in [0.25, 0.3) is 0 Å². The molecule has 0 radical (unpaired) electrons. The van der Waals surface area contributed by atoms with Gasteiger partial charge in [0.15, 0.2) is 0 Å². The molecule has 4 fully saturated rings. The molecule has 6 atom stereocenters. The van der Waals surface area contributed by atoms with Crippen molar-refractivity contribution >= 4 is 34.6 Å². The maximum atomic E-state index is 12.2. The number of nitrogens with zero attached hydrogens (tertiary/aromatic N) is 1. The third-order valence-corrected chi connectivity index (χ3v) is 9.13.